The summed E-state index contributed by atoms with van der Waals surface area (Å²) in [5.41, 5.74) is 1.62. The molecule has 1 heterocycles. The summed E-state index contributed by atoms with van der Waals surface area (Å²) in [6, 6.07) is 11.2. The zero-order valence-corrected chi connectivity index (χ0v) is 15.4. The normalized spacial score (nSPS) is 12.9. The summed E-state index contributed by atoms with van der Waals surface area (Å²) in [7, 11) is -3.81. The Morgan fingerprint density at radius 3 is 2.48 bits per heavy atom. The van der Waals surface area contributed by atoms with E-state index in [0.717, 1.165) is 11.3 Å². The average Bonchev–Trinajstić information content (AvgIpc) is 3.11. The zero-order chi connectivity index (χ0) is 18.0. The number of sulfonamides is 1. The molecule has 0 radical (unpaired) electrons. The number of nitrogens with zero attached hydrogens (tertiary/aromatic N) is 3. The van der Waals surface area contributed by atoms with Crippen LogP contribution in [0.1, 0.15) is 18.5 Å². The molecule has 1 aromatic heterocycles. The van der Waals surface area contributed by atoms with Crippen LogP contribution in [0.2, 0.25) is 10.0 Å². The SMILES string of the molecule is C[C@H](NS(=O)(=O)c1cc(Cl)ccc1Cl)c1ccc(-n2cncn2)cc1. The number of nitrogens with one attached hydrogen (secondary N) is 1. The molecule has 3 aromatic rings. The highest BCUT2D eigenvalue weighted by molar-refractivity contribution is 7.89. The highest BCUT2D eigenvalue weighted by atomic mass is 35.5. The molecule has 0 bridgehead atoms. The molecule has 6 nitrogen and oxygen atoms in total. The van der Waals surface area contributed by atoms with Crippen molar-refractivity contribution in [2.75, 3.05) is 0 Å². The minimum atomic E-state index is -3.81. The first-order valence-corrected chi connectivity index (χ1v) is 9.53. The van der Waals surface area contributed by atoms with Crippen molar-refractivity contribution in [1.29, 1.82) is 0 Å². The van der Waals surface area contributed by atoms with Gasteiger partial charge in [0.05, 0.1) is 10.7 Å². The lowest BCUT2D eigenvalue weighted by atomic mass is 10.1. The molecule has 3 rings (SSSR count). The fraction of sp³-hybridized carbons (Fsp3) is 0.125. The van der Waals surface area contributed by atoms with Crippen molar-refractivity contribution in [2.45, 2.75) is 17.9 Å². The molecule has 0 unspecified atom stereocenters. The highest BCUT2D eigenvalue weighted by Crippen LogP contribution is 2.26. The van der Waals surface area contributed by atoms with Crippen molar-refractivity contribution in [1.82, 2.24) is 19.5 Å². The molecule has 1 N–H and O–H groups in total. The van der Waals surface area contributed by atoms with Crippen LogP contribution in [0.25, 0.3) is 5.69 Å². The van der Waals surface area contributed by atoms with Gasteiger partial charge in [0.2, 0.25) is 10.0 Å². The molecule has 0 saturated heterocycles. The van der Waals surface area contributed by atoms with Gasteiger partial charge < -0.3 is 0 Å². The second kappa shape index (κ2) is 7.13. The Hall–Kier alpha value is -1.93. The summed E-state index contributed by atoms with van der Waals surface area (Å²) >= 11 is 11.9. The van der Waals surface area contributed by atoms with Crippen LogP contribution in [0.3, 0.4) is 0 Å². The summed E-state index contributed by atoms with van der Waals surface area (Å²) in [5.74, 6) is 0. The fourth-order valence-corrected chi connectivity index (χ4v) is 4.30. The van der Waals surface area contributed by atoms with Crippen molar-refractivity contribution in [3.8, 4) is 5.69 Å². The number of hydrogen-bond acceptors (Lipinski definition) is 4. The van der Waals surface area contributed by atoms with Gasteiger partial charge in [-0.3, -0.25) is 0 Å². The molecule has 2 aromatic carbocycles. The zero-order valence-electron chi connectivity index (χ0n) is 13.1. The third kappa shape index (κ3) is 4.01. The third-order valence-corrected chi connectivity index (χ3v) is 5.85. The molecule has 0 aliphatic carbocycles. The van der Waals surface area contributed by atoms with Crippen molar-refractivity contribution >= 4 is 33.2 Å². The predicted octanol–water partition coefficient (Wildman–Crippen LogP) is 3.61. The van der Waals surface area contributed by atoms with Gasteiger partial charge in [0.1, 0.15) is 17.6 Å². The fourth-order valence-electron chi connectivity index (χ4n) is 2.30. The summed E-state index contributed by atoms with van der Waals surface area (Å²) in [6.45, 7) is 1.75. The first-order valence-electron chi connectivity index (χ1n) is 7.29. The van der Waals surface area contributed by atoms with E-state index in [1.165, 1.54) is 24.5 Å². The van der Waals surface area contributed by atoms with E-state index in [2.05, 4.69) is 14.8 Å². The van der Waals surface area contributed by atoms with Crippen LogP contribution in [-0.2, 0) is 10.0 Å². The Bertz CT molecular complexity index is 974. The van der Waals surface area contributed by atoms with Crippen molar-refractivity contribution in [2.24, 2.45) is 0 Å². The third-order valence-electron chi connectivity index (χ3n) is 3.59. The van der Waals surface area contributed by atoms with Gasteiger partial charge in [0.25, 0.3) is 0 Å². The van der Waals surface area contributed by atoms with E-state index in [1.54, 1.807) is 17.9 Å². The molecule has 0 saturated carbocycles. The first-order chi connectivity index (χ1) is 11.9. The van der Waals surface area contributed by atoms with Gasteiger partial charge in [-0.05, 0) is 42.8 Å². The number of aromatic nitrogens is 3. The average molecular weight is 397 g/mol. The lowest BCUT2D eigenvalue weighted by Crippen LogP contribution is -2.27. The van der Waals surface area contributed by atoms with Gasteiger partial charge in [-0.25, -0.2) is 22.8 Å². The standard InChI is InChI=1S/C16H14Cl2N4O2S/c1-11(12-2-5-14(6-3-12)22-10-19-9-20-22)21-25(23,24)16-8-13(17)4-7-15(16)18/h2-11,21H,1H3/t11-/m0/s1. The Morgan fingerprint density at radius 2 is 1.84 bits per heavy atom. The molecular formula is C16H14Cl2N4O2S. The molecule has 0 spiro atoms. The van der Waals surface area contributed by atoms with Crippen LogP contribution < -0.4 is 4.72 Å². The molecule has 130 valence electrons. The number of benzene rings is 2. The van der Waals surface area contributed by atoms with Crippen LogP contribution in [0, 0.1) is 0 Å². The molecule has 0 aliphatic rings. The van der Waals surface area contributed by atoms with E-state index in [-0.39, 0.29) is 9.92 Å². The van der Waals surface area contributed by atoms with Crippen molar-refractivity contribution < 1.29 is 8.42 Å². The van der Waals surface area contributed by atoms with Gasteiger partial charge in [-0.2, -0.15) is 5.10 Å². The molecule has 0 aliphatic heterocycles. The van der Waals surface area contributed by atoms with E-state index in [1.807, 2.05) is 24.3 Å². The van der Waals surface area contributed by atoms with Crippen LogP contribution in [0.15, 0.2) is 60.0 Å². The van der Waals surface area contributed by atoms with Crippen LogP contribution >= 0.6 is 23.2 Å². The van der Waals surface area contributed by atoms with Crippen LogP contribution in [0.5, 0.6) is 0 Å². The minimum Gasteiger partial charge on any atom is -0.223 e. The second-order valence-corrected chi connectivity index (χ2v) is 7.88. The molecule has 0 amide bonds. The Labute approximate surface area is 155 Å². The van der Waals surface area contributed by atoms with Crippen LogP contribution in [0.4, 0.5) is 0 Å². The van der Waals surface area contributed by atoms with E-state index >= 15 is 0 Å². The van der Waals surface area contributed by atoms with E-state index in [4.69, 9.17) is 23.2 Å². The van der Waals surface area contributed by atoms with Gasteiger partial charge >= 0.3 is 0 Å². The summed E-state index contributed by atoms with van der Waals surface area (Å²) in [5, 5.41) is 4.46. The maximum atomic E-state index is 12.6. The van der Waals surface area contributed by atoms with Crippen LogP contribution in [-0.4, -0.2) is 23.2 Å². The predicted molar refractivity (Wildman–Crippen MR) is 96.6 cm³/mol. The molecule has 1 atom stereocenters. The Balaban J connectivity index is 1.81. The number of rotatable bonds is 5. The van der Waals surface area contributed by atoms with Gasteiger partial charge in [-0.1, -0.05) is 35.3 Å². The first kappa shape index (κ1) is 17.9. The molecular weight excluding hydrogens is 383 g/mol. The highest BCUT2D eigenvalue weighted by Gasteiger charge is 2.21. The van der Waals surface area contributed by atoms with Crippen molar-refractivity contribution in [3.05, 3.63) is 70.7 Å². The van der Waals surface area contributed by atoms with E-state index < -0.39 is 16.1 Å². The number of hydrogen-bond donors (Lipinski definition) is 1. The largest absolute Gasteiger partial charge is 0.242 e. The maximum absolute atomic E-state index is 12.6. The monoisotopic (exact) mass is 396 g/mol. The topological polar surface area (TPSA) is 76.9 Å². The lowest BCUT2D eigenvalue weighted by molar-refractivity contribution is 0.567. The van der Waals surface area contributed by atoms with Gasteiger partial charge in [-0.15, -0.1) is 0 Å². The minimum absolute atomic E-state index is 0.0484. The molecule has 9 heteroatoms. The summed E-state index contributed by atoms with van der Waals surface area (Å²) < 4.78 is 29.4. The molecule has 25 heavy (non-hydrogen) atoms. The van der Waals surface area contributed by atoms with Crippen molar-refractivity contribution in [3.63, 3.8) is 0 Å². The maximum Gasteiger partial charge on any atom is 0.242 e. The van der Waals surface area contributed by atoms with E-state index in [9.17, 15) is 8.42 Å². The Kier molecular flexibility index (Phi) is 5.10. The van der Waals surface area contributed by atoms with Gasteiger partial charge in [0, 0.05) is 11.1 Å². The Morgan fingerprint density at radius 1 is 1.12 bits per heavy atom. The summed E-state index contributed by atoms with van der Waals surface area (Å²) in [4.78, 5) is 3.84. The van der Waals surface area contributed by atoms with Gasteiger partial charge in [0.15, 0.2) is 0 Å². The second-order valence-electron chi connectivity index (χ2n) is 5.35. The quantitative estimate of drug-likeness (QED) is 0.714. The summed E-state index contributed by atoms with van der Waals surface area (Å²) in [6.07, 6.45) is 3.03. The van der Waals surface area contributed by atoms with E-state index in [0.29, 0.717) is 5.02 Å². The molecule has 0 fully saturated rings. The smallest absolute Gasteiger partial charge is 0.223 e. The number of halogens is 2. The lowest BCUT2D eigenvalue weighted by Gasteiger charge is -2.16.